The fourth-order valence-electron chi connectivity index (χ4n) is 2.41. The van der Waals surface area contributed by atoms with Gasteiger partial charge in [0.2, 0.25) is 5.91 Å². The first-order chi connectivity index (χ1) is 12.0. The predicted molar refractivity (Wildman–Crippen MR) is 99.3 cm³/mol. The van der Waals surface area contributed by atoms with Crippen molar-refractivity contribution in [3.8, 4) is 5.75 Å². The summed E-state index contributed by atoms with van der Waals surface area (Å²) in [5.74, 6) is 0.0934. The number of carbonyl (C=O) groups excluding carboxylic acids is 2. The van der Waals surface area contributed by atoms with E-state index >= 15 is 0 Å². The minimum absolute atomic E-state index is 0.0344. The number of rotatable bonds is 7. The molecule has 5 nitrogen and oxygen atoms in total. The van der Waals surface area contributed by atoms with E-state index in [-0.39, 0.29) is 18.4 Å². The maximum Gasteiger partial charge on any atom is 0.254 e. The highest BCUT2D eigenvalue weighted by Crippen LogP contribution is 2.23. The van der Waals surface area contributed by atoms with E-state index in [4.69, 9.17) is 16.3 Å². The summed E-state index contributed by atoms with van der Waals surface area (Å²) in [6.45, 7) is 2.41. The zero-order chi connectivity index (χ0) is 18.2. The number of para-hydroxylation sites is 2. The number of methoxy groups -OCH3 is 1. The molecule has 1 N–H and O–H groups in total. The van der Waals surface area contributed by atoms with Crippen LogP contribution in [0.15, 0.2) is 48.5 Å². The molecule has 2 amide bonds. The fraction of sp³-hybridized carbons (Fsp3) is 0.263. The van der Waals surface area contributed by atoms with Crippen LogP contribution in [0.5, 0.6) is 5.75 Å². The van der Waals surface area contributed by atoms with Crippen LogP contribution in [0.1, 0.15) is 23.7 Å². The molecule has 2 aromatic carbocycles. The molecule has 0 radical (unpaired) electrons. The Balaban J connectivity index is 2.08. The summed E-state index contributed by atoms with van der Waals surface area (Å²) >= 11 is 5.86. The number of anilines is 1. The lowest BCUT2D eigenvalue weighted by Crippen LogP contribution is -2.38. The monoisotopic (exact) mass is 360 g/mol. The lowest BCUT2D eigenvalue weighted by molar-refractivity contribution is -0.116. The molecular weight excluding hydrogens is 340 g/mol. The second-order valence-corrected chi connectivity index (χ2v) is 5.92. The van der Waals surface area contributed by atoms with Crippen LogP contribution in [0.4, 0.5) is 5.69 Å². The Morgan fingerprint density at radius 2 is 1.80 bits per heavy atom. The second-order valence-electron chi connectivity index (χ2n) is 5.48. The van der Waals surface area contributed by atoms with E-state index in [1.165, 1.54) is 4.90 Å². The summed E-state index contributed by atoms with van der Waals surface area (Å²) in [5, 5.41) is 3.35. The van der Waals surface area contributed by atoms with Crippen LogP contribution in [0.25, 0.3) is 0 Å². The van der Waals surface area contributed by atoms with E-state index in [9.17, 15) is 9.59 Å². The zero-order valence-electron chi connectivity index (χ0n) is 14.3. The van der Waals surface area contributed by atoms with Crippen molar-refractivity contribution in [3.05, 3.63) is 59.1 Å². The first-order valence-electron chi connectivity index (χ1n) is 8.03. The van der Waals surface area contributed by atoms with Crippen LogP contribution < -0.4 is 10.1 Å². The van der Waals surface area contributed by atoms with Gasteiger partial charge in [-0.3, -0.25) is 9.59 Å². The van der Waals surface area contributed by atoms with Crippen molar-refractivity contribution in [2.24, 2.45) is 0 Å². The number of benzene rings is 2. The third-order valence-corrected chi connectivity index (χ3v) is 3.84. The first-order valence-corrected chi connectivity index (χ1v) is 8.40. The van der Waals surface area contributed by atoms with Crippen molar-refractivity contribution < 1.29 is 14.3 Å². The molecule has 0 saturated heterocycles. The SMILES string of the molecule is CCCN(CC(=O)Nc1ccccc1OC)C(=O)c1ccc(Cl)cc1. The third kappa shape index (κ3) is 5.22. The van der Waals surface area contributed by atoms with Gasteiger partial charge in [0.15, 0.2) is 0 Å². The van der Waals surface area contributed by atoms with E-state index in [0.29, 0.717) is 28.6 Å². The number of hydrogen-bond acceptors (Lipinski definition) is 3. The molecule has 0 spiro atoms. The van der Waals surface area contributed by atoms with Crippen LogP contribution in [0, 0.1) is 0 Å². The van der Waals surface area contributed by atoms with E-state index in [1.54, 1.807) is 49.6 Å². The minimum Gasteiger partial charge on any atom is -0.495 e. The average molecular weight is 361 g/mol. The summed E-state index contributed by atoms with van der Waals surface area (Å²) in [4.78, 5) is 26.5. The Kier molecular flexibility index (Phi) is 6.83. The minimum atomic E-state index is -0.278. The largest absolute Gasteiger partial charge is 0.495 e. The molecule has 0 fully saturated rings. The Bertz CT molecular complexity index is 732. The van der Waals surface area contributed by atoms with Gasteiger partial charge in [-0.1, -0.05) is 30.7 Å². The van der Waals surface area contributed by atoms with Crippen LogP contribution in [0.2, 0.25) is 5.02 Å². The van der Waals surface area contributed by atoms with Gasteiger partial charge in [0, 0.05) is 17.1 Å². The molecule has 0 heterocycles. The number of nitrogens with zero attached hydrogens (tertiary/aromatic N) is 1. The molecule has 0 aliphatic rings. The summed E-state index contributed by atoms with van der Waals surface area (Å²) in [5.41, 5.74) is 1.08. The Morgan fingerprint density at radius 1 is 1.12 bits per heavy atom. The highest BCUT2D eigenvalue weighted by molar-refractivity contribution is 6.30. The summed E-state index contributed by atoms with van der Waals surface area (Å²) in [6, 6.07) is 13.8. The molecule has 0 saturated carbocycles. The van der Waals surface area contributed by atoms with Crippen LogP contribution in [0.3, 0.4) is 0 Å². The first kappa shape index (κ1) is 18.8. The molecule has 0 unspecified atom stereocenters. The molecule has 132 valence electrons. The van der Waals surface area contributed by atoms with Crippen molar-refractivity contribution in [1.29, 1.82) is 0 Å². The smallest absolute Gasteiger partial charge is 0.254 e. The maximum absolute atomic E-state index is 12.6. The van der Waals surface area contributed by atoms with Crippen molar-refractivity contribution >= 4 is 29.1 Å². The number of carbonyl (C=O) groups is 2. The molecular formula is C19H21ClN2O3. The number of amides is 2. The number of halogens is 1. The van der Waals surface area contributed by atoms with Crippen molar-refractivity contribution in [2.75, 3.05) is 25.5 Å². The number of ether oxygens (including phenoxy) is 1. The quantitative estimate of drug-likeness (QED) is 0.816. The van der Waals surface area contributed by atoms with Crippen molar-refractivity contribution in [2.45, 2.75) is 13.3 Å². The van der Waals surface area contributed by atoms with E-state index in [1.807, 2.05) is 13.0 Å². The van der Waals surface area contributed by atoms with Gasteiger partial charge in [-0.15, -0.1) is 0 Å². The number of nitrogens with one attached hydrogen (secondary N) is 1. The molecule has 0 aliphatic carbocycles. The Hall–Kier alpha value is -2.53. The average Bonchev–Trinajstić information content (AvgIpc) is 2.62. The van der Waals surface area contributed by atoms with Crippen molar-refractivity contribution in [3.63, 3.8) is 0 Å². The molecule has 0 atom stereocenters. The molecule has 6 heteroatoms. The van der Waals surface area contributed by atoms with Gasteiger partial charge in [0.05, 0.1) is 12.8 Å². The van der Waals surface area contributed by atoms with E-state index in [0.717, 1.165) is 6.42 Å². The van der Waals surface area contributed by atoms with Gasteiger partial charge < -0.3 is 15.0 Å². The van der Waals surface area contributed by atoms with Gasteiger partial charge >= 0.3 is 0 Å². The van der Waals surface area contributed by atoms with Gasteiger partial charge in [-0.05, 0) is 42.8 Å². The van der Waals surface area contributed by atoms with Crippen molar-refractivity contribution in [1.82, 2.24) is 4.90 Å². The zero-order valence-corrected chi connectivity index (χ0v) is 15.0. The predicted octanol–water partition coefficient (Wildman–Crippen LogP) is 3.84. The summed E-state index contributed by atoms with van der Waals surface area (Å²) in [6.07, 6.45) is 0.751. The van der Waals surface area contributed by atoms with E-state index in [2.05, 4.69) is 5.32 Å². The van der Waals surface area contributed by atoms with E-state index < -0.39 is 0 Å². The second kappa shape index (κ2) is 9.08. The normalized spacial score (nSPS) is 10.2. The topological polar surface area (TPSA) is 58.6 Å². The molecule has 0 bridgehead atoms. The molecule has 0 aromatic heterocycles. The van der Waals surface area contributed by atoms with Gasteiger partial charge in [0.25, 0.3) is 5.91 Å². The van der Waals surface area contributed by atoms with Gasteiger partial charge in [-0.25, -0.2) is 0 Å². The summed E-state index contributed by atoms with van der Waals surface area (Å²) in [7, 11) is 1.54. The molecule has 25 heavy (non-hydrogen) atoms. The molecule has 2 aromatic rings. The molecule has 2 rings (SSSR count). The maximum atomic E-state index is 12.6. The fourth-order valence-corrected chi connectivity index (χ4v) is 2.53. The Morgan fingerprint density at radius 3 is 2.44 bits per heavy atom. The lowest BCUT2D eigenvalue weighted by atomic mass is 10.2. The van der Waals surface area contributed by atoms with Gasteiger partial charge in [0.1, 0.15) is 12.3 Å². The molecule has 0 aliphatic heterocycles. The van der Waals surface area contributed by atoms with Crippen LogP contribution in [-0.2, 0) is 4.79 Å². The highest BCUT2D eigenvalue weighted by Gasteiger charge is 2.19. The highest BCUT2D eigenvalue weighted by atomic mass is 35.5. The number of hydrogen-bond donors (Lipinski definition) is 1. The van der Waals surface area contributed by atoms with Crippen LogP contribution >= 0.6 is 11.6 Å². The Labute approximate surface area is 152 Å². The lowest BCUT2D eigenvalue weighted by Gasteiger charge is -2.22. The van der Waals surface area contributed by atoms with Gasteiger partial charge in [-0.2, -0.15) is 0 Å². The summed E-state index contributed by atoms with van der Waals surface area (Å²) < 4.78 is 5.22. The van der Waals surface area contributed by atoms with Crippen LogP contribution in [-0.4, -0.2) is 36.9 Å². The third-order valence-electron chi connectivity index (χ3n) is 3.59. The standard InChI is InChI=1S/C19H21ClN2O3/c1-3-12-22(19(24)14-8-10-15(20)11-9-14)13-18(23)21-16-6-4-5-7-17(16)25-2/h4-11H,3,12-13H2,1-2H3,(H,21,23).